The molecule has 116 valence electrons. The number of amides is 1. The Hall–Kier alpha value is -0.820. The van der Waals surface area contributed by atoms with E-state index in [2.05, 4.69) is 0 Å². The number of nitrogens with zero attached hydrogens (tertiary/aromatic N) is 1. The van der Waals surface area contributed by atoms with Gasteiger partial charge in [0.2, 0.25) is 15.9 Å². The number of carbonyl (C=O) groups excluding carboxylic acids is 1. The molecule has 1 aliphatic heterocycles. The third-order valence-electron chi connectivity index (χ3n) is 3.59. The molecule has 0 saturated carbocycles. The maximum atomic E-state index is 12.1. The Morgan fingerprint density at radius 3 is 2.67 bits per heavy atom. The van der Waals surface area contributed by atoms with Crippen LogP contribution in [-0.2, 0) is 14.8 Å². The Kier molecular flexibility index (Phi) is 4.82. The molecule has 1 aromatic rings. The van der Waals surface area contributed by atoms with Crippen LogP contribution in [0.5, 0.6) is 0 Å². The van der Waals surface area contributed by atoms with Crippen LogP contribution in [0, 0.1) is 5.92 Å². The van der Waals surface area contributed by atoms with Gasteiger partial charge in [-0.3, -0.25) is 4.79 Å². The average molecular weight is 351 g/mol. The molecule has 2 rings (SSSR count). The Bertz CT molecular complexity index is 663. The van der Waals surface area contributed by atoms with Gasteiger partial charge in [0.25, 0.3) is 0 Å². The summed E-state index contributed by atoms with van der Waals surface area (Å²) in [5.74, 6) is -0.556. The molecule has 0 aliphatic carbocycles. The summed E-state index contributed by atoms with van der Waals surface area (Å²) in [6.45, 7) is 2.21. The summed E-state index contributed by atoms with van der Waals surface area (Å²) < 4.78 is 22.3. The predicted octanol–water partition coefficient (Wildman–Crippen LogP) is 2.19. The predicted molar refractivity (Wildman–Crippen MR) is 82.7 cm³/mol. The molecule has 1 aromatic carbocycles. The minimum absolute atomic E-state index is 0.0952. The van der Waals surface area contributed by atoms with Crippen molar-refractivity contribution in [3.05, 3.63) is 33.8 Å². The van der Waals surface area contributed by atoms with Crippen LogP contribution in [0.4, 0.5) is 0 Å². The van der Waals surface area contributed by atoms with E-state index in [-0.39, 0.29) is 30.0 Å². The SMILES string of the molecule is CC(c1ccc(Cl)cc1Cl)N1CC(CS(N)(=O)=O)CC1=O. The van der Waals surface area contributed by atoms with Crippen LogP contribution < -0.4 is 5.14 Å². The van der Waals surface area contributed by atoms with Crippen LogP contribution in [0.15, 0.2) is 18.2 Å². The molecule has 1 saturated heterocycles. The number of rotatable bonds is 4. The number of hydrogen-bond acceptors (Lipinski definition) is 3. The molecular formula is C13H16Cl2N2O3S. The van der Waals surface area contributed by atoms with E-state index in [1.54, 1.807) is 23.1 Å². The van der Waals surface area contributed by atoms with Gasteiger partial charge in [0.1, 0.15) is 0 Å². The van der Waals surface area contributed by atoms with Crippen LogP contribution in [0.3, 0.4) is 0 Å². The second kappa shape index (κ2) is 6.12. The third-order valence-corrected chi connectivity index (χ3v) is 5.09. The smallest absolute Gasteiger partial charge is 0.223 e. The van der Waals surface area contributed by atoms with Crippen molar-refractivity contribution in [2.75, 3.05) is 12.3 Å². The molecule has 1 aliphatic rings. The number of hydrogen-bond donors (Lipinski definition) is 1. The summed E-state index contributed by atoms with van der Waals surface area (Å²) >= 11 is 12.0. The van der Waals surface area contributed by atoms with Crippen LogP contribution in [0.2, 0.25) is 10.0 Å². The van der Waals surface area contributed by atoms with Crippen molar-refractivity contribution in [3.8, 4) is 0 Å². The largest absolute Gasteiger partial charge is 0.336 e. The number of likely N-dealkylation sites (tertiary alicyclic amines) is 1. The topological polar surface area (TPSA) is 80.5 Å². The van der Waals surface area contributed by atoms with Crippen LogP contribution in [0.1, 0.15) is 24.9 Å². The van der Waals surface area contributed by atoms with Crippen molar-refractivity contribution in [1.29, 1.82) is 0 Å². The lowest BCUT2D eigenvalue weighted by Crippen LogP contribution is -2.30. The highest BCUT2D eigenvalue weighted by atomic mass is 35.5. The second-order valence-electron chi connectivity index (χ2n) is 5.29. The van der Waals surface area contributed by atoms with E-state index in [1.165, 1.54) is 0 Å². The molecule has 21 heavy (non-hydrogen) atoms. The van der Waals surface area contributed by atoms with Crippen molar-refractivity contribution in [3.63, 3.8) is 0 Å². The molecule has 0 bridgehead atoms. The number of nitrogens with two attached hydrogens (primary N) is 1. The number of sulfonamides is 1. The van der Waals surface area contributed by atoms with Gasteiger partial charge in [-0.15, -0.1) is 0 Å². The summed E-state index contributed by atoms with van der Waals surface area (Å²) in [4.78, 5) is 13.7. The van der Waals surface area contributed by atoms with Crippen molar-refractivity contribution in [1.82, 2.24) is 4.90 Å². The standard InChI is InChI=1S/C13H16Cl2N2O3S/c1-8(11-3-2-10(14)5-12(11)15)17-6-9(4-13(17)18)7-21(16,19)20/h2-3,5,8-9H,4,6-7H2,1H3,(H2,16,19,20). The molecular weight excluding hydrogens is 335 g/mol. The second-order valence-corrected chi connectivity index (χ2v) is 7.79. The summed E-state index contributed by atoms with van der Waals surface area (Å²) in [5.41, 5.74) is 0.783. The first kappa shape index (κ1) is 16.5. The van der Waals surface area contributed by atoms with E-state index in [9.17, 15) is 13.2 Å². The monoisotopic (exact) mass is 350 g/mol. The van der Waals surface area contributed by atoms with Gasteiger partial charge >= 0.3 is 0 Å². The van der Waals surface area contributed by atoms with Crippen molar-refractivity contribution < 1.29 is 13.2 Å². The van der Waals surface area contributed by atoms with Crippen molar-refractivity contribution in [2.45, 2.75) is 19.4 Å². The Morgan fingerprint density at radius 2 is 2.10 bits per heavy atom. The van der Waals surface area contributed by atoms with E-state index in [0.29, 0.717) is 16.6 Å². The quantitative estimate of drug-likeness (QED) is 0.903. The number of carbonyl (C=O) groups is 1. The molecule has 1 fully saturated rings. The first-order chi connectivity index (χ1) is 9.67. The first-order valence-electron chi connectivity index (χ1n) is 6.42. The minimum Gasteiger partial charge on any atom is -0.336 e. The van der Waals surface area contributed by atoms with E-state index in [0.717, 1.165) is 5.56 Å². The Balaban J connectivity index is 2.16. The molecule has 2 N–H and O–H groups in total. The lowest BCUT2D eigenvalue weighted by Gasteiger charge is -2.26. The summed E-state index contributed by atoms with van der Waals surface area (Å²) in [5, 5.41) is 6.05. The molecule has 2 unspecified atom stereocenters. The number of benzene rings is 1. The van der Waals surface area contributed by atoms with Gasteiger partial charge in [-0.25, -0.2) is 13.6 Å². The number of halogens is 2. The Morgan fingerprint density at radius 1 is 1.43 bits per heavy atom. The highest BCUT2D eigenvalue weighted by Gasteiger charge is 2.35. The normalized spacial score (nSPS) is 20.9. The average Bonchev–Trinajstić information content (AvgIpc) is 2.66. The van der Waals surface area contributed by atoms with Crippen LogP contribution >= 0.6 is 23.2 Å². The molecule has 8 heteroatoms. The van der Waals surface area contributed by atoms with Gasteiger partial charge in [-0.2, -0.15) is 0 Å². The van der Waals surface area contributed by atoms with E-state index in [4.69, 9.17) is 28.3 Å². The van der Waals surface area contributed by atoms with Gasteiger partial charge in [0, 0.05) is 28.9 Å². The molecule has 2 atom stereocenters. The van der Waals surface area contributed by atoms with E-state index >= 15 is 0 Å². The third kappa shape index (κ3) is 4.10. The van der Waals surface area contributed by atoms with Gasteiger partial charge in [0.15, 0.2) is 0 Å². The lowest BCUT2D eigenvalue weighted by molar-refractivity contribution is -0.129. The first-order valence-corrected chi connectivity index (χ1v) is 8.89. The van der Waals surface area contributed by atoms with Crippen LogP contribution in [-0.4, -0.2) is 31.5 Å². The maximum Gasteiger partial charge on any atom is 0.223 e. The zero-order valence-corrected chi connectivity index (χ0v) is 13.7. The summed E-state index contributed by atoms with van der Waals surface area (Å²) in [7, 11) is -3.58. The van der Waals surface area contributed by atoms with Crippen molar-refractivity contribution >= 4 is 39.1 Å². The summed E-state index contributed by atoms with van der Waals surface area (Å²) in [6, 6.07) is 4.86. The molecule has 0 aromatic heterocycles. The fourth-order valence-electron chi connectivity index (χ4n) is 2.63. The zero-order chi connectivity index (χ0) is 15.8. The zero-order valence-electron chi connectivity index (χ0n) is 11.4. The molecule has 1 heterocycles. The van der Waals surface area contributed by atoms with Gasteiger partial charge in [-0.05, 0) is 24.6 Å². The minimum atomic E-state index is -3.58. The lowest BCUT2D eigenvalue weighted by atomic mass is 10.1. The van der Waals surface area contributed by atoms with Crippen LogP contribution in [0.25, 0.3) is 0 Å². The maximum absolute atomic E-state index is 12.1. The fourth-order valence-corrected chi connectivity index (χ4v) is 4.08. The Labute approximate surface area is 134 Å². The molecule has 5 nitrogen and oxygen atoms in total. The van der Waals surface area contributed by atoms with E-state index < -0.39 is 10.0 Å². The van der Waals surface area contributed by atoms with Crippen molar-refractivity contribution in [2.24, 2.45) is 11.1 Å². The molecule has 0 spiro atoms. The highest BCUT2D eigenvalue weighted by molar-refractivity contribution is 7.89. The van der Waals surface area contributed by atoms with E-state index in [1.807, 2.05) is 6.92 Å². The fraction of sp³-hybridized carbons (Fsp3) is 0.462. The van der Waals surface area contributed by atoms with Gasteiger partial charge in [0.05, 0.1) is 11.8 Å². The molecule has 1 amide bonds. The molecule has 0 radical (unpaired) electrons. The summed E-state index contributed by atoms with van der Waals surface area (Å²) in [6.07, 6.45) is 0.186. The van der Waals surface area contributed by atoms with Gasteiger partial charge < -0.3 is 4.90 Å². The van der Waals surface area contributed by atoms with Gasteiger partial charge in [-0.1, -0.05) is 29.3 Å². The number of primary sulfonamides is 1. The highest BCUT2D eigenvalue weighted by Crippen LogP contribution is 2.33.